The van der Waals surface area contributed by atoms with Crippen LogP contribution in [0.4, 0.5) is 42.5 Å². The van der Waals surface area contributed by atoms with Crippen LogP contribution in [0.3, 0.4) is 0 Å². The summed E-state index contributed by atoms with van der Waals surface area (Å²) >= 11 is 0. The summed E-state index contributed by atoms with van der Waals surface area (Å²) in [6, 6.07) is 8.39. The quantitative estimate of drug-likeness (QED) is 0.299. The first-order valence-corrected chi connectivity index (χ1v) is 16.0. The number of nitrogens with one attached hydrogen (secondary N) is 1. The van der Waals surface area contributed by atoms with E-state index >= 15 is 0 Å². The summed E-state index contributed by atoms with van der Waals surface area (Å²) in [7, 11) is 3.84. The van der Waals surface area contributed by atoms with Crippen LogP contribution in [0.15, 0.2) is 36.4 Å². The van der Waals surface area contributed by atoms with E-state index in [4.69, 9.17) is 5.73 Å². The fraction of sp³-hybridized carbons (Fsp3) is 0.545. The first kappa shape index (κ1) is 35.3. The molecule has 0 saturated carbocycles. The number of rotatable bonds is 7. The minimum atomic E-state index is -5.17. The molecule has 262 valence electrons. The molecular weight excluding hydrogens is 642 g/mol. The summed E-state index contributed by atoms with van der Waals surface area (Å²) in [5, 5.41) is 2.89. The van der Waals surface area contributed by atoms with Gasteiger partial charge < -0.3 is 30.7 Å². The maximum absolute atomic E-state index is 13.8. The Kier molecular flexibility index (Phi) is 10.2. The summed E-state index contributed by atoms with van der Waals surface area (Å²) in [6.07, 6.45) is -9.00. The summed E-state index contributed by atoms with van der Waals surface area (Å²) < 4.78 is 82.7. The second-order valence-electron chi connectivity index (χ2n) is 13.1. The minimum absolute atomic E-state index is 0.144. The molecule has 2 aromatic carbocycles. The van der Waals surface area contributed by atoms with Crippen molar-refractivity contribution in [1.29, 1.82) is 0 Å². The Morgan fingerprint density at radius 1 is 0.917 bits per heavy atom. The van der Waals surface area contributed by atoms with E-state index in [1.165, 1.54) is 0 Å². The van der Waals surface area contributed by atoms with E-state index in [9.17, 15) is 40.7 Å². The summed E-state index contributed by atoms with van der Waals surface area (Å²) in [5.74, 6) is -2.11. The maximum atomic E-state index is 13.8. The number of nitrogens with zero attached hydrogens (tertiary/aromatic N) is 4. The lowest BCUT2D eigenvalue weighted by atomic mass is 9.90. The number of anilines is 2. The number of nitrogen functional groups attached to an aromatic ring is 1. The Hall–Kier alpha value is -4.01. The fourth-order valence-corrected chi connectivity index (χ4v) is 6.98. The third kappa shape index (κ3) is 7.82. The third-order valence-electron chi connectivity index (χ3n) is 9.73. The first-order valence-electron chi connectivity index (χ1n) is 16.0. The second-order valence-corrected chi connectivity index (χ2v) is 13.1. The lowest BCUT2D eigenvalue weighted by Crippen LogP contribution is -2.51. The molecule has 9 nitrogen and oxygen atoms in total. The number of carbonyl (C=O) groups excluding carboxylic acids is 3. The predicted octanol–water partition coefficient (Wildman–Crippen LogP) is 5.45. The van der Waals surface area contributed by atoms with Gasteiger partial charge in [0.25, 0.3) is 0 Å². The smallest absolute Gasteiger partial charge is 0.398 e. The Morgan fingerprint density at radius 2 is 1.48 bits per heavy atom. The molecule has 0 unspecified atom stereocenters. The van der Waals surface area contributed by atoms with Gasteiger partial charge in [-0.2, -0.15) is 26.3 Å². The van der Waals surface area contributed by atoms with Crippen molar-refractivity contribution in [3.63, 3.8) is 0 Å². The number of urea groups is 1. The van der Waals surface area contributed by atoms with Crippen molar-refractivity contribution in [3.8, 4) is 0 Å². The monoisotopic (exact) mass is 682 g/mol. The number of piperidine rings is 2. The first-order chi connectivity index (χ1) is 22.5. The summed E-state index contributed by atoms with van der Waals surface area (Å²) in [5.41, 5.74) is 1.97. The molecule has 3 aliphatic rings. The number of benzene rings is 2. The lowest BCUT2D eigenvalue weighted by molar-refractivity contribution is -0.143. The number of likely N-dealkylation sites (tertiary alicyclic amines) is 2. The van der Waals surface area contributed by atoms with Crippen LogP contribution >= 0.6 is 0 Å². The van der Waals surface area contributed by atoms with Crippen LogP contribution in [0.5, 0.6) is 0 Å². The zero-order valence-electron chi connectivity index (χ0n) is 26.8. The van der Waals surface area contributed by atoms with Crippen LogP contribution in [0.2, 0.25) is 0 Å². The Balaban J connectivity index is 1.33. The van der Waals surface area contributed by atoms with Crippen LogP contribution < -0.4 is 11.1 Å². The topological polar surface area (TPSA) is 102 Å². The van der Waals surface area contributed by atoms with Crippen LogP contribution in [-0.2, 0) is 34.9 Å². The van der Waals surface area contributed by atoms with Crippen LogP contribution in [0, 0.1) is 5.92 Å². The molecule has 15 heteroatoms. The van der Waals surface area contributed by atoms with Gasteiger partial charge >= 0.3 is 18.4 Å². The average Bonchev–Trinajstić information content (AvgIpc) is 3.03. The molecule has 0 aliphatic carbocycles. The number of carbonyl (C=O) groups is 3. The highest BCUT2D eigenvalue weighted by molar-refractivity contribution is 5.92. The molecule has 4 amide bonds. The number of halogens is 6. The van der Waals surface area contributed by atoms with Crippen molar-refractivity contribution in [2.24, 2.45) is 5.92 Å². The Labute approximate surface area is 275 Å². The van der Waals surface area contributed by atoms with Gasteiger partial charge in [-0.25, -0.2) is 4.79 Å². The van der Waals surface area contributed by atoms with E-state index < -0.39 is 53.3 Å². The second kappa shape index (κ2) is 13.8. The molecule has 0 radical (unpaired) electrons. The molecule has 2 aromatic rings. The van der Waals surface area contributed by atoms with Gasteiger partial charge in [-0.15, -0.1) is 0 Å². The highest BCUT2D eigenvalue weighted by Crippen LogP contribution is 2.42. The van der Waals surface area contributed by atoms with E-state index in [0.29, 0.717) is 57.5 Å². The number of nitrogens with two attached hydrogens (primary N) is 1. The van der Waals surface area contributed by atoms with E-state index in [1.54, 1.807) is 14.7 Å². The molecule has 1 atom stereocenters. The van der Waals surface area contributed by atoms with Crippen molar-refractivity contribution in [2.45, 2.75) is 69.5 Å². The van der Waals surface area contributed by atoms with Gasteiger partial charge in [0.1, 0.15) is 0 Å². The lowest BCUT2D eigenvalue weighted by Gasteiger charge is -2.41. The van der Waals surface area contributed by atoms with Gasteiger partial charge in [-0.3, -0.25) is 9.59 Å². The fourth-order valence-electron chi connectivity index (χ4n) is 6.98. The number of alkyl halides is 6. The molecular formula is C33H40F6N6O3. The van der Waals surface area contributed by atoms with Crippen molar-refractivity contribution in [1.82, 2.24) is 19.6 Å². The molecule has 0 bridgehead atoms. The van der Waals surface area contributed by atoms with Gasteiger partial charge in [0.05, 0.1) is 22.7 Å². The SMILES string of the molecule is CN(C)C1CCN(C(=O)[C@H](CC(=O)N2CCC(N3Cc4ccccc4NC3=O)CC2)Cc2cc(C(F)(F)F)c(N)c(C(F)(F)F)c2)CC1. The highest BCUT2D eigenvalue weighted by atomic mass is 19.4. The van der Waals surface area contributed by atoms with Crippen molar-refractivity contribution in [2.75, 3.05) is 51.3 Å². The normalized spacial score (nSPS) is 18.9. The number of hydrogen-bond donors (Lipinski definition) is 2. The maximum Gasteiger partial charge on any atom is 0.418 e. The molecule has 0 spiro atoms. The highest BCUT2D eigenvalue weighted by Gasteiger charge is 2.42. The Morgan fingerprint density at radius 3 is 2.04 bits per heavy atom. The summed E-state index contributed by atoms with van der Waals surface area (Å²) in [6.45, 7) is 1.68. The minimum Gasteiger partial charge on any atom is -0.398 e. The van der Waals surface area contributed by atoms with Crippen LogP contribution in [-0.4, -0.2) is 89.8 Å². The predicted molar refractivity (Wildman–Crippen MR) is 167 cm³/mol. The number of amides is 4. The molecule has 3 N–H and O–H groups in total. The van der Waals surface area contributed by atoms with E-state index in [2.05, 4.69) is 5.32 Å². The standard InChI is InChI=1S/C33H40F6N6O3/c1-42(2)23-7-13-44(14-8-23)30(47)22(15-20-16-25(32(34,35)36)29(40)26(17-20)33(37,38)39)18-28(46)43-11-9-24(10-12-43)45-19-21-5-3-4-6-27(21)41-31(45)48/h3-6,16-17,22-24H,7-15,18-19,40H2,1-2H3,(H,41,48)/t22-/m0/s1. The van der Waals surface area contributed by atoms with Crippen molar-refractivity contribution < 1.29 is 40.7 Å². The number of fused-ring (bicyclic) bond motifs is 1. The van der Waals surface area contributed by atoms with Crippen LogP contribution in [0.1, 0.15) is 54.4 Å². The van der Waals surface area contributed by atoms with Crippen LogP contribution in [0.25, 0.3) is 0 Å². The zero-order chi connectivity index (χ0) is 35.0. The molecule has 3 heterocycles. The van der Waals surface area contributed by atoms with Crippen molar-refractivity contribution in [3.05, 3.63) is 58.7 Å². The molecule has 2 fully saturated rings. The molecule has 3 aliphatic heterocycles. The van der Waals surface area contributed by atoms with E-state index in [-0.39, 0.29) is 43.2 Å². The number of hydrogen-bond acceptors (Lipinski definition) is 5. The molecule has 5 rings (SSSR count). The van der Waals surface area contributed by atoms with Gasteiger partial charge in [0.2, 0.25) is 11.8 Å². The molecule has 48 heavy (non-hydrogen) atoms. The Bertz CT molecular complexity index is 1480. The largest absolute Gasteiger partial charge is 0.418 e. The van der Waals surface area contributed by atoms with E-state index in [1.807, 2.05) is 43.3 Å². The zero-order valence-corrected chi connectivity index (χ0v) is 26.8. The van der Waals surface area contributed by atoms with Gasteiger partial charge in [0, 0.05) is 56.9 Å². The number of para-hydroxylation sites is 1. The summed E-state index contributed by atoms with van der Waals surface area (Å²) in [4.78, 5) is 47.1. The van der Waals surface area contributed by atoms with E-state index in [0.717, 1.165) is 11.3 Å². The van der Waals surface area contributed by atoms with Gasteiger partial charge in [-0.1, -0.05) is 18.2 Å². The molecule has 0 aromatic heterocycles. The average molecular weight is 683 g/mol. The molecule has 2 saturated heterocycles. The van der Waals surface area contributed by atoms with Crippen molar-refractivity contribution >= 4 is 29.2 Å². The van der Waals surface area contributed by atoms with Gasteiger partial charge in [0.15, 0.2) is 0 Å². The van der Waals surface area contributed by atoms with Gasteiger partial charge in [-0.05, 0) is 75.5 Å². The third-order valence-corrected chi connectivity index (χ3v) is 9.73.